The zero-order valence-corrected chi connectivity index (χ0v) is 17.1. The van der Waals surface area contributed by atoms with Crippen molar-refractivity contribution in [3.63, 3.8) is 0 Å². The summed E-state index contributed by atoms with van der Waals surface area (Å²) in [5.74, 6) is 6.98. The fraction of sp³-hybridized carbons (Fsp3) is 0.769. The van der Waals surface area contributed by atoms with E-state index in [1.54, 1.807) is 19.3 Å². The van der Waals surface area contributed by atoms with Crippen molar-refractivity contribution >= 4 is 5.69 Å². The molecule has 8 aliphatic rings. The van der Waals surface area contributed by atoms with Gasteiger partial charge in [0.25, 0.3) is 0 Å². The molecule has 2 N–H and O–H groups in total. The predicted molar refractivity (Wildman–Crippen MR) is 112 cm³/mol. The Kier molecular flexibility index (Phi) is 3.26. The minimum Gasteiger partial charge on any atom is -0.490 e. The van der Waals surface area contributed by atoms with Gasteiger partial charge in [0.05, 0.1) is 0 Å². The molecule has 0 heterocycles. The topological polar surface area (TPSA) is 35.2 Å². The second-order valence-electron chi connectivity index (χ2n) is 12.1. The van der Waals surface area contributed by atoms with Crippen molar-refractivity contribution in [2.45, 2.75) is 76.7 Å². The van der Waals surface area contributed by atoms with Gasteiger partial charge in [0.1, 0.15) is 11.9 Å². The summed E-state index contributed by atoms with van der Waals surface area (Å²) in [6, 6.07) is 8.27. The summed E-state index contributed by atoms with van der Waals surface area (Å²) < 4.78 is 6.98. The molecule has 9 rings (SSSR count). The van der Waals surface area contributed by atoms with Crippen molar-refractivity contribution in [1.82, 2.24) is 0 Å². The Morgan fingerprint density at radius 1 is 0.679 bits per heavy atom. The first kappa shape index (κ1) is 16.6. The van der Waals surface area contributed by atoms with Crippen molar-refractivity contribution in [3.8, 4) is 5.75 Å². The summed E-state index contributed by atoms with van der Waals surface area (Å²) in [5.41, 5.74) is 7.87. The molecule has 3 unspecified atom stereocenters. The SMILES string of the molecule is Nc1ccc(OC2C3CC4CC(C3)CC2(C23CC5CC(CC(C5)C2)C3)C4)cc1. The van der Waals surface area contributed by atoms with Gasteiger partial charge in [0.15, 0.2) is 0 Å². The van der Waals surface area contributed by atoms with Crippen LogP contribution in [0.5, 0.6) is 5.75 Å². The molecule has 8 aliphatic carbocycles. The average molecular weight is 378 g/mol. The standard InChI is InChI=1S/C26H35NO/c27-22-1-3-23(4-2-22)28-24-21-9-19-8-20(10-21)15-26(24,14-19)25-11-16-5-17(12-25)7-18(6-16)13-25/h1-4,16-21,24H,5-15,27H2. The van der Waals surface area contributed by atoms with E-state index in [1.165, 1.54) is 51.4 Å². The third kappa shape index (κ3) is 2.16. The van der Waals surface area contributed by atoms with Gasteiger partial charge in [-0.2, -0.15) is 0 Å². The third-order valence-electron chi connectivity index (χ3n) is 10.5. The van der Waals surface area contributed by atoms with Gasteiger partial charge in [-0.05, 0) is 136 Å². The lowest BCUT2D eigenvalue weighted by molar-refractivity contribution is -0.245. The molecule has 0 radical (unpaired) electrons. The Hall–Kier alpha value is -1.18. The van der Waals surface area contributed by atoms with E-state index in [0.717, 1.165) is 46.9 Å². The number of hydrogen-bond acceptors (Lipinski definition) is 2. The van der Waals surface area contributed by atoms with E-state index in [1.807, 2.05) is 12.1 Å². The summed E-state index contributed by atoms with van der Waals surface area (Å²) in [5, 5.41) is 0. The molecule has 0 aromatic heterocycles. The molecular formula is C26H35NO. The number of benzene rings is 1. The lowest BCUT2D eigenvalue weighted by atomic mass is 9.34. The first-order valence-electron chi connectivity index (χ1n) is 12.1. The number of ether oxygens (including phenoxy) is 1. The lowest BCUT2D eigenvalue weighted by Gasteiger charge is -2.72. The molecule has 0 spiro atoms. The van der Waals surface area contributed by atoms with Crippen LogP contribution in [0.4, 0.5) is 5.69 Å². The van der Waals surface area contributed by atoms with Crippen LogP contribution in [0, 0.1) is 46.3 Å². The number of nitrogen functional groups attached to an aromatic ring is 1. The summed E-state index contributed by atoms with van der Waals surface area (Å²) in [6.07, 6.45) is 17.1. The summed E-state index contributed by atoms with van der Waals surface area (Å²) in [7, 11) is 0. The minimum absolute atomic E-state index is 0.458. The molecule has 1 aromatic carbocycles. The Morgan fingerprint density at radius 2 is 1.18 bits per heavy atom. The number of hydrogen-bond donors (Lipinski definition) is 1. The van der Waals surface area contributed by atoms with Crippen LogP contribution in [0.2, 0.25) is 0 Å². The smallest absolute Gasteiger partial charge is 0.119 e. The molecule has 150 valence electrons. The van der Waals surface area contributed by atoms with E-state index >= 15 is 0 Å². The van der Waals surface area contributed by atoms with Gasteiger partial charge in [-0.3, -0.25) is 0 Å². The molecule has 2 heteroatoms. The molecule has 0 saturated heterocycles. The molecule has 8 bridgehead atoms. The van der Waals surface area contributed by atoms with Crippen molar-refractivity contribution in [1.29, 1.82) is 0 Å². The predicted octanol–water partition coefficient (Wildman–Crippen LogP) is 6.06. The van der Waals surface area contributed by atoms with Crippen LogP contribution in [0.1, 0.15) is 70.6 Å². The fourth-order valence-corrected chi connectivity index (χ4v) is 10.4. The van der Waals surface area contributed by atoms with Crippen LogP contribution in [0.25, 0.3) is 0 Å². The summed E-state index contributed by atoms with van der Waals surface area (Å²) in [4.78, 5) is 0. The molecule has 0 amide bonds. The lowest BCUT2D eigenvalue weighted by Crippen LogP contribution is -2.67. The van der Waals surface area contributed by atoms with Crippen LogP contribution in [0.15, 0.2) is 24.3 Å². The molecule has 1 aromatic rings. The largest absolute Gasteiger partial charge is 0.490 e. The second kappa shape index (κ2) is 5.49. The second-order valence-corrected chi connectivity index (χ2v) is 12.1. The van der Waals surface area contributed by atoms with Gasteiger partial charge >= 0.3 is 0 Å². The Balaban J connectivity index is 1.31. The molecule has 8 saturated carbocycles. The highest BCUT2D eigenvalue weighted by molar-refractivity contribution is 5.41. The maximum atomic E-state index is 6.98. The van der Waals surface area contributed by atoms with Crippen LogP contribution < -0.4 is 10.5 Å². The van der Waals surface area contributed by atoms with E-state index in [2.05, 4.69) is 12.1 Å². The molecule has 3 atom stereocenters. The van der Waals surface area contributed by atoms with Crippen molar-refractivity contribution in [3.05, 3.63) is 24.3 Å². The Bertz CT molecular complexity index is 733. The van der Waals surface area contributed by atoms with Gasteiger partial charge in [0, 0.05) is 11.1 Å². The number of rotatable bonds is 3. The number of nitrogens with two attached hydrogens (primary N) is 1. The van der Waals surface area contributed by atoms with E-state index in [4.69, 9.17) is 10.5 Å². The van der Waals surface area contributed by atoms with Crippen LogP contribution in [-0.4, -0.2) is 6.10 Å². The molecular weight excluding hydrogens is 342 g/mol. The van der Waals surface area contributed by atoms with Crippen LogP contribution >= 0.6 is 0 Å². The van der Waals surface area contributed by atoms with E-state index in [0.29, 0.717) is 16.9 Å². The maximum Gasteiger partial charge on any atom is 0.119 e. The molecule has 0 aliphatic heterocycles. The van der Waals surface area contributed by atoms with Crippen LogP contribution in [-0.2, 0) is 0 Å². The number of anilines is 1. The van der Waals surface area contributed by atoms with E-state index in [-0.39, 0.29) is 0 Å². The zero-order chi connectivity index (χ0) is 18.5. The summed E-state index contributed by atoms with van der Waals surface area (Å²) >= 11 is 0. The van der Waals surface area contributed by atoms with Gasteiger partial charge in [-0.15, -0.1) is 0 Å². The first-order chi connectivity index (χ1) is 13.6. The van der Waals surface area contributed by atoms with Gasteiger partial charge < -0.3 is 10.5 Å². The van der Waals surface area contributed by atoms with E-state index in [9.17, 15) is 0 Å². The molecule has 28 heavy (non-hydrogen) atoms. The molecule has 2 nitrogen and oxygen atoms in total. The van der Waals surface area contributed by atoms with Gasteiger partial charge in [-0.1, -0.05) is 0 Å². The van der Waals surface area contributed by atoms with Crippen LogP contribution in [0.3, 0.4) is 0 Å². The van der Waals surface area contributed by atoms with Gasteiger partial charge in [-0.25, -0.2) is 0 Å². The zero-order valence-electron chi connectivity index (χ0n) is 17.1. The van der Waals surface area contributed by atoms with Gasteiger partial charge in [0.2, 0.25) is 0 Å². The van der Waals surface area contributed by atoms with Crippen molar-refractivity contribution in [2.75, 3.05) is 5.73 Å². The molecule has 8 fully saturated rings. The van der Waals surface area contributed by atoms with E-state index < -0.39 is 0 Å². The Morgan fingerprint density at radius 3 is 1.71 bits per heavy atom. The summed E-state index contributed by atoms with van der Waals surface area (Å²) in [6.45, 7) is 0. The van der Waals surface area contributed by atoms with Crippen molar-refractivity contribution < 1.29 is 4.74 Å². The van der Waals surface area contributed by atoms with Crippen molar-refractivity contribution in [2.24, 2.45) is 46.3 Å². The fourth-order valence-electron chi connectivity index (χ4n) is 10.4. The highest BCUT2D eigenvalue weighted by Gasteiger charge is 2.69. The highest BCUT2D eigenvalue weighted by atomic mass is 16.5. The average Bonchev–Trinajstić information content (AvgIpc) is 2.64. The highest BCUT2D eigenvalue weighted by Crippen LogP contribution is 2.75. The third-order valence-corrected chi connectivity index (χ3v) is 10.5. The quantitative estimate of drug-likeness (QED) is 0.650. The Labute approximate surface area is 169 Å². The minimum atomic E-state index is 0.458. The normalized spacial score (nSPS) is 52.9. The first-order valence-corrected chi connectivity index (χ1v) is 12.1. The maximum absolute atomic E-state index is 6.98. The monoisotopic (exact) mass is 377 g/mol.